The van der Waals surface area contributed by atoms with Crippen LogP contribution in [0.25, 0.3) is 0 Å². The monoisotopic (exact) mass is 252 g/mol. The van der Waals surface area contributed by atoms with Gasteiger partial charge in [-0.25, -0.2) is 0 Å². The van der Waals surface area contributed by atoms with Gasteiger partial charge >= 0.3 is 0 Å². The van der Waals surface area contributed by atoms with Crippen LogP contribution in [-0.2, 0) is 0 Å². The molecule has 0 bridgehead atoms. The van der Waals surface area contributed by atoms with Crippen LogP contribution in [0.5, 0.6) is 0 Å². The lowest BCUT2D eigenvalue weighted by Crippen LogP contribution is -2.59. The van der Waals surface area contributed by atoms with Gasteiger partial charge in [0.2, 0.25) is 0 Å². The van der Waals surface area contributed by atoms with E-state index in [4.69, 9.17) is 0 Å². The van der Waals surface area contributed by atoms with Gasteiger partial charge in [-0.15, -0.1) is 0 Å². The molecule has 0 amide bonds. The summed E-state index contributed by atoms with van der Waals surface area (Å²) in [6.07, 6.45) is 7.76. The number of hydrogen-bond acceptors (Lipinski definition) is 2. The smallest absolute Gasteiger partial charge is 0.0438 e. The van der Waals surface area contributed by atoms with Crippen LogP contribution in [0.15, 0.2) is 11.6 Å². The van der Waals surface area contributed by atoms with Crippen LogP contribution in [0.3, 0.4) is 0 Å². The van der Waals surface area contributed by atoms with Crippen LogP contribution in [0.4, 0.5) is 0 Å². The zero-order chi connectivity index (χ0) is 13.8. The van der Waals surface area contributed by atoms with Gasteiger partial charge < -0.3 is 10.2 Å². The Bertz CT molecular complexity index is 269. The highest BCUT2D eigenvalue weighted by atomic mass is 15.2. The molecule has 0 aromatic heterocycles. The normalized spacial score (nSPS) is 30.3. The summed E-state index contributed by atoms with van der Waals surface area (Å²) in [5, 5.41) is 3.70. The topological polar surface area (TPSA) is 15.3 Å². The van der Waals surface area contributed by atoms with Gasteiger partial charge in [-0.05, 0) is 66.1 Å². The molecule has 1 N–H and O–H groups in total. The zero-order valence-electron chi connectivity index (χ0n) is 13.2. The van der Waals surface area contributed by atoms with Crippen molar-refractivity contribution in [3.63, 3.8) is 0 Å². The second kappa shape index (κ2) is 6.72. The highest BCUT2D eigenvalue weighted by Crippen LogP contribution is 2.38. The molecule has 2 nitrogen and oxygen atoms in total. The van der Waals surface area contributed by atoms with Crippen molar-refractivity contribution >= 4 is 0 Å². The molecule has 0 saturated heterocycles. The average molecular weight is 252 g/mol. The van der Waals surface area contributed by atoms with Crippen molar-refractivity contribution < 1.29 is 0 Å². The molecular weight excluding hydrogens is 220 g/mol. The maximum atomic E-state index is 3.70. The third-order valence-electron chi connectivity index (χ3n) is 4.53. The Labute approximate surface area is 114 Å². The van der Waals surface area contributed by atoms with E-state index in [9.17, 15) is 0 Å². The second-order valence-electron chi connectivity index (χ2n) is 6.46. The quantitative estimate of drug-likeness (QED) is 0.754. The fourth-order valence-electron chi connectivity index (χ4n) is 3.26. The first-order valence-electron chi connectivity index (χ1n) is 7.48. The van der Waals surface area contributed by atoms with Crippen molar-refractivity contribution in [3.05, 3.63) is 11.6 Å². The van der Waals surface area contributed by atoms with Gasteiger partial charge in [0.05, 0.1) is 0 Å². The highest BCUT2D eigenvalue weighted by molar-refractivity contribution is 5.13. The van der Waals surface area contributed by atoms with Crippen LogP contribution >= 0.6 is 0 Å². The van der Waals surface area contributed by atoms with E-state index >= 15 is 0 Å². The number of rotatable bonds is 5. The standard InChI is InChI=1S/C16H32N2/c1-7-17-15(12-13(2)3)16(18(5)6)10-8-14(4)9-11-16/h12,14-15,17H,7-11H2,1-6H3. The molecule has 0 aliphatic heterocycles. The summed E-state index contributed by atoms with van der Waals surface area (Å²) >= 11 is 0. The number of nitrogens with zero attached hydrogens (tertiary/aromatic N) is 1. The second-order valence-corrected chi connectivity index (χ2v) is 6.46. The lowest BCUT2D eigenvalue weighted by molar-refractivity contribution is 0.0592. The minimum atomic E-state index is 0.305. The summed E-state index contributed by atoms with van der Waals surface area (Å²) in [5.74, 6) is 0.895. The first kappa shape index (κ1) is 15.7. The maximum Gasteiger partial charge on any atom is 0.0438 e. The molecular formula is C16H32N2. The Balaban J connectivity index is 2.96. The van der Waals surface area contributed by atoms with Gasteiger partial charge in [-0.3, -0.25) is 0 Å². The largest absolute Gasteiger partial charge is 0.309 e. The van der Waals surface area contributed by atoms with Crippen molar-refractivity contribution in [2.75, 3.05) is 20.6 Å². The fourth-order valence-corrected chi connectivity index (χ4v) is 3.26. The van der Waals surface area contributed by atoms with Crippen LogP contribution in [0.1, 0.15) is 53.4 Å². The molecule has 18 heavy (non-hydrogen) atoms. The van der Waals surface area contributed by atoms with Gasteiger partial charge in [-0.1, -0.05) is 25.5 Å². The number of likely N-dealkylation sites (N-methyl/N-ethyl adjacent to an activating group) is 2. The van der Waals surface area contributed by atoms with Crippen molar-refractivity contribution in [1.29, 1.82) is 0 Å². The van der Waals surface area contributed by atoms with Crippen LogP contribution in [0.2, 0.25) is 0 Å². The lowest BCUT2D eigenvalue weighted by atomic mass is 9.71. The SMILES string of the molecule is CCNC(C=C(C)C)C1(N(C)C)CCC(C)CC1. The predicted molar refractivity (Wildman–Crippen MR) is 80.9 cm³/mol. The summed E-state index contributed by atoms with van der Waals surface area (Å²) in [5.41, 5.74) is 1.72. The predicted octanol–water partition coefficient (Wildman–Crippen LogP) is 3.44. The summed E-state index contributed by atoms with van der Waals surface area (Å²) < 4.78 is 0. The first-order valence-corrected chi connectivity index (χ1v) is 7.48. The van der Waals surface area contributed by atoms with Crippen molar-refractivity contribution in [1.82, 2.24) is 10.2 Å². The van der Waals surface area contributed by atoms with Crippen LogP contribution < -0.4 is 5.32 Å². The van der Waals surface area contributed by atoms with Crippen molar-refractivity contribution in [3.8, 4) is 0 Å². The summed E-state index contributed by atoms with van der Waals surface area (Å²) in [4.78, 5) is 2.46. The van der Waals surface area contributed by atoms with E-state index in [-0.39, 0.29) is 0 Å². The first-order chi connectivity index (χ1) is 8.42. The van der Waals surface area contributed by atoms with E-state index in [1.54, 1.807) is 0 Å². The minimum absolute atomic E-state index is 0.305. The van der Waals surface area contributed by atoms with Gasteiger partial charge in [0.1, 0.15) is 0 Å². The Hall–Kier alpha value is -0.340. The van der Waals surface area contributed by atoms with E-state index < -0.39 is 0 Å². The molecule has 0 heterocycles. The van der Waals surface area contributed by atoms with E-state index in [0.29, 0.717) is 11.6 Å². The molecule has 0 aromatic carbocycles. The Morgan fingerprint density at radius 2 is 1.89 bits per heavy atom. The molecule has 1 rings (SSSR count). The molecule has 0 radical (unpaired) electrons. The molecule has 0 aromatic rings. The zero-order valence-corrected chi connectivity index (χ0v) is 13.2. The average Bonchev–Trinajstić information content (AvgIpc) is 2.29. The minimum Gasteiger partial charge on any atom is -0.309 e. The lowest BCUT2D eigenvalue weighted by Gasteiger charge is -2.49. The van der Waals surface area contributed by atoms with Crippen LogP contribution in [0, 0.1) is 5.92 Å². The maximum absolute atomic E-state index is 3.70. The summed E-state index contributed by atoms with van der Waals surface area (Å²) in [7, 11) is 4.50. The van der Waals surface area contributed by atoms with E-state index in [2.05, 4.69) is 58.1 Å². The molecule has 1 atom stereocenters. The third kappa shape index (κ3) is 3.58. The Morgan fingerprint density at radius 3 is 2.28 bits per heavy atom. The van der Waals surface area contributed by atoms with Gasteiger partial charge in [0.15, 0.2) is 0 Å². The third-order valence-corrected chi connectivity index (χ3v) is 4.53. The van der Waals surface area contributed by atoms with Crippen LogP contribution in [-0.4, -0.2) is 37.1 Å². The molecule has 0 spiro atoms. The molecule has 1 saturated carbocycles. The van der Waals surface area contributed by atoms with Crippen molar-refractivity contribution in [2.45, 2.75) is 65.0 Å². The molecule has 1 unspecified atom stereocenters. The number of hydrogen-bond donors (Lipinski definition) is 1. The van der Waals surface area contributed by atoms with Gasteiger partial charge in [0, 0.05) is 11.6 Å². The van der Waals surface area contributed by atoms with E-state index in [0.717, 1.165) is 12.5 Å². The van der Waals surface area contributed by atoms with Crippen molar-refractivity contribution in [2.24, 2.45) is 5.92 Å². The van der Waals surface area contributed by atoms with E-state index in [1.165, 1.54) is 31.3 Å². The van der Waals surface area contributed by atoms with E-state index in [1.807, 2.05) is 0 Å². The number of allylic oxidation sites excluding steroid dienone is 1. The highest BCUT2D eigenvalue weighted by Gasteiger charge is 2.41. The summed E-state index contributed by atoms with van der Waals surface area (Å²) in [6, 6.07) is 0.481. The van der Waals surface area contributed by atoms with Gasteiger partial charge in [-0.2, -0.15) is 0 Å². The molecule has 1 aliphatic carbocycles. The Kier molecular flexibility index (Phi) is 5.87. The summed E-state index contributed by atoms with van der Waals surface area (Å²) in [6.45, 7) is 10.1. The number of nitrogens with one attached hydrogen (secondary N) is 1. The molecule has 106 valence electrons. The fraction of sp³-hybridized carbons (Fsp3) is 0.875. The van der Waals surface area contributed by atoms with Gasteiger partial charge in [0.25, 0.3) is 0 Å². The Morgan fingerprint density at radius 1 is 1.33 bits per heavy atom. The molecule has 1 fully saturated rings. The molecule has 2 heteroatoms. The molecule has 1 aliphatic rings.